The van der Waals surface area contributed by atoms with Crippen LogP contribution in [0.3, 0.4) is 0 Å². The van der Waals surface area contributed by atoms with Crippen molar-refractivity contribution in [3.63, 3.8) is 0 Å². The van der Waals surface area contributed by atoms with E-state index in [4.69, 9.17) is 4.74 Å². The highest BCUT2D eigenvalue weighted by molar-refractivity contribution is 7.07. The summed E-state index contributed by atoms with van der Waals surface area (Å²) in [5.74, 6) is 0.429. The van der Waals surface area contributed by atoms with Gasteiger partial charge in [-0.15, -0.1) is 0 Å². The molecular weight excluding hydrogens is 302 g/mol. The maximum atomic E-state index is 12.3. The molecule has 0 aromatic carbocycles. The Morgan fingerprint density at radius 3 is 2.77 bits per heavy atom. The average Bonchev–Trinajstić information content (AvgIpc) is 3.13. The summed E-state index contributed by atoms with van der Waals surface area (Å²) < 4.78 is 11.8. The summed E-state index contributed by atoms with van der Waals surface area (Å²) in [6.45, 7) is 6.39. The lowest BCUT2D eigenvalue weighted by Crippen LogP contribution is -2.37. The van der Waals surface area contributed by atoms with Gasteiger partial charge in [0, 0.05) is 24.9 Å². The number of carbonyl (C=O) groups is 1. The minimum absolute atomic E-state index is 0.0710. The number of hydrogen-bond donors (Lipinski definition) is 1. The number of nitrogens with zero attached hydrogens (tertiary/aromatic N) is 4. The molecule has 1 amide bonds. The van der Waals surface area contributed by atoms with E-state index in [-0.39, 0.29) is 18.1 Å². The van der Waals surface area contributed by atoms with Crippen LogP contribution in [0.4, 0.5) is 0 Å². The lowest BCUT2D eigenvalue weighted by Gasteiger charge is -2.20. The number of aryl methyl sites for hydroxylation is 3. The molecule has 118 valence electrons. The molecule has 1 aliphatic heterocycles. The van der Waals surface area contributed by atoms with Crippen molar-refractivity contribution in [2.45, 2.75) is 39.3 Å². The van der Waals surface area contributed by atoms with Crippen molar-refractivity contribution in [1.82, 2.24) is 24.5 Å². The minimum atomic E-state index is -0.190. The smallest absolute Gasteiger partial charge is 0.282 e. The summed E-state index contributed by atoms with van der Waals surface area (Å²) in [6, 6.07) is -0.0710. The highest BCUT2D eigenvalue weighted by Crippen LogP contribution is 2.33. The van der Waals surface area contributed by atoms with E-state index >= 15 is 0 Å². The van der Waals surface area contributed by atoms with Crippen LogP contribution in [-0.4, -0.2) is 37.7 Å². The maximum absolute atomic E-state index is 12.3. The number of aromatic nitrogens is 4. The monoisotopic (exact) mass is 321 g/mol. The molecule has 22 heavy (non-hydrogen) atoms. The number of ether oxygens (including phenoxy) is 1. The SMILES string of the molecule is Cc1nsc(C(=O)N[C@@H]2CCO[C@H]2c2c(C)nn(C)c2C)n1. The van der Waals surface area contributed by atoms with Gasteiger partial charge in [0.25, 0.3) is 5.91 Å². The molecule has 0 spiro atoms. The Morgan fingerprint density at radius 2 is 2.18 bits per heavy atom. The molecule has 1 N–H and O–H groups in total. The normalized spacial score (nSPS) is 21.3. The Hall–Kier alpha value is -1.80. The van der Waals surface area contributed by atoms with E-state index in [1.807, 2.05) is 25.6 Å². The molecule has 0 unspecified atom stereocenters. The van der Waals surface area contributed by atoms with E-state index in [0.29, 0.717) is 17.4 Å². The summed E-state index contributed by atoms with van der Waals surface area (Å²) in [7, 11) is 1.92. The van der Waals surface area contributed by atoms with Crippen molar-refractivity contribution in [3.05, 3.63) is 27.8 Å². The third-order valence-electron chi connectivity index (χ3n) is 3.98. The van der Waals surface area contributed by atoms with Gasteiger partial charge >= 0.3 is 0 Å². The fourth-order valence-electron chi connectivity index (χ4n) is 2.84. The molecule has 1 fully saturated rings. The minimum Gasteiger partial charge on any atom is -0.371 e. The van der Waals surface area contributed by atoms with Crippen molar-refractivity contribution in [1.29, 1.82) is 0 Å². The molecule has 7 nitrogen and oxygen atoms in total. The zero-order valence-electron chi connectivity index (χ0n) is 13.1. The highest BCUT2D eigenvalue weighted by Gasteiger charge is 2.35. The van der Waals surface area contributed by atoms with Crippen LogP contribution in [0, 0.1) is 20.8 Å². The van der Waals surface area contributed by atoms with Gasteiger partial charge in [-0.25, -0.2) is 4.98 Å². The number of amides is 1. The van der Waals surface area contributed by atoms with Gasteiger partial charge in [-0.3, -0.25) is 9.48 Å². The first-order valence-corrected chi connectivity index (χ1v) is 7.97. The summed E-state index contributed by atoms with van der Waals surface area (Å²) in [5, 5.41) is 7.85. The molecule has 3 rings (SSSR count). The largest absolute Gasteiger partial charge is 0.371 e. The van der Waals surface area contributed by atoms with Gasteiger partial charge in [0.05, 0.1) is 11.7 Å². The Kier molecular flexibility index (Phi) is 3.96. The lowest BCUT2D eigenvalue weighted by atomic mass is 10.0. The first-order chi connectivity index (χ1) is 10.5. The summed E-state index contributed by atoms with van der Waals surface area (Å²) in [6.07, 6.45) is 0.619. The molecular formula is C14H19N5O2S. The molecule has 2 aromatic heterocycles. The zero-order valence-corrected chi connectivity index (χ0v) is 13.9. The Labute approximate surface area is 132 Å². The van der Waals surface area contributed by atoms with E-state index in [1.165, 1.54) is 0 Å². The Balaban J connectivity index is 1.80. The molecule has 1 saturated heterocycles. The third-order valence-corrected chi connectivity index (χ3v) is 4.78. The standard InChI is InChI=1S/C14H19N5O2S/c1-7-11(8(2)19(4)17-7)12-10(5-6-21-12)16-13(20)14-15-9(3)18-22-14/h10,12H,5-6H2,1-4H3,(H,16,20)/t10-,12-/m1/s1. The van der Waals surface area contributed by atoms with Gasteiger partial charge < -0.3 is 10.1 Å². The van der Waals surface area contributed by atoms with Crippen LogP contribution in [0.2, 0.25) is 0 Å². The Morgan fingerprint density at radius 1 is 1.41 bits per heavy atom. The summed E-state index contributed by atoms with van der Waals surface area (Å²) >= 11 is 1.12. The van der Waals surface area contributed by atoms with E-state index in [9.17, 15) is 4.79 Å². The first kappa shape index (κ1) is 15.1. The van der Waals surface area contributed by atoms with Gasteiger partial charge in [-0.2, -0.15) is 9.47 Å². The quantitative estimate of drug-likeness (QED) is 0.925. The van der Waals surface area contributed by atoms with Crippen LogP contribution in [-0.2, 0) is 11.8 Å². The molecule has 1 aliphatic rings. The second-order valence-corrected chi connectivity index (χ2v) is 6.27. The first-order valence-electron chi connectivity index (χ1n) is 7.20. The molecule has 8 heteroatoms. The Bertz CT molecular complexity index is 708. The van der Waals surface area contributed by atoms with E-state index in [2.05, 4.69) is 19.8 Å². The van der Waals surface area contributed by atoms with Crippen LogP contribution in [0.1, 0.15) is 45.1 Å². The number of carbonyl (C=O) groups excluding carboxylic acids is 1. The molecule has 3 heterocycles. The molecule has 2 aromatic rings. The van der Waals surface area contributed by atoms with E-state index in [0.717, 1.165) is 34.9 Å². The second kappa shape index (κ2) is 5.77. The maximum Gasteiger partial charge on any atom is 0.282 e. The van der Waals surface area contributed by atoms with Gasteiger partial charge in [-0.05, 0) is 38.7 Å². The van der Waals surface area contributed by atoms with Crippen molar-refractivity contribution >= 4 is 17.4 Å². The van der Waals surface area contributed by atoms with Gasteiger partial charge in [0.2, 0.25) is 5.01 Å². The average molecular weight is 321 g/mol. The predicted octanol–water partition coefficient (Wildman–Crippen LogP) is 1.46. The number of rotatable bonds is 3. The number of nitrogens with one attached hydrogen (secondary N) is 1. The van der Waals surface area contributed by atoms with Gasteiger partial charge in [0.15, 0.2) is 0 Å². The fraction of sp³-hybridized carbons (Fsp3) is 0.571. The van der Waals surface area contributed by atoms with Gasteiger partial charge in [-0.1, -0.05) is 0 Å². The van der Waals surface area contributed by atoms with Crippen molar-refractivity contribution < 1.29 is 9.53 Å². The lowest BCUT2D eigenvalue weighted by molar-refractivity contribution is 0.0816. The topological polar surface area (TPSA) is 81.9 Å². The zero-order chi connectivity index (χ0) is 15.9. The third kappa shape index (κ3) is 2.64. The van der Waals surface area contributed by atoms with Crippen LogP contribution in [0.25, 0.3) is 0 Å². The highest BCUT2D eigenvalue weighted by atomic mass is 32.1. The van der Waals surface area contributed by atoms with Crippen LogP contribution < -0.4 is 5.32 Å². The van der Waals surface area contributed by atoms with Crippen LogP contribution in [0.15, 0.2) is 0 Å². The molecule has 0 aliphatic carbocycles. The number of hydrogen-bond acceptors (Lipinski definition) is 6. The fourth-order valence-corrected chi connectivity index (χ4v) is 3.42. The summed E-state index contributed by atoms with van der Waals surface area (Å²) in [5.41, 5.74) is 3.08. The predicted molar refractivity (Wildman–Crippen MR) is 81.9 cm³/mol. The van der Waals surface area contributed by atoms with Crippen molar-refractivity contribution in [3.8, 4) is 0 Å². The van der Waals surface area contributed by atoms with Crippen molar-refractivity contribution in [2.75, 3.05) is 6.61 Å². The molecule has 0 radical (unpaired) electrons. The van der Waals surface area contributed by atoms with E-state index in [1.54, 1.807) is 6.92 Å². The summed E-state index contributed by atoms with van der Waals surface area (Å²) in [4.78, 5) is 16.4. The van der Waals surface area contributed by atoms with Crippen molar-refractivity contribution in [2.24, 2.45) is 7.05 Å². The van der Waals surface area contributed by atoms with Crippen LogP contribution >= 0.6 is 11.5 Å². The molecule has 0 bridgehead atoms. The van der Waals surface area contributed by atoms with Gasteiger partial charge in [0.1, 0.15) is 11.9 Å². The molecule has 0 saturated carbocycles. The molecule has 2 atom stereocenters. The second-order valence-electron chi connectivity index (χ2n) is 5.51. The van der Waals surface area contributed by atoms with Crippen LogP contribution in [0.5, 0.6) is 0 Å². The van der Waals surface area contributed by atoms with E-state index < -0.39 is 0 Å².